The van der Waals surface area contributed by atoms with Gasteiger partial charge in [0.25, 0.3) is 0 Å². The summed E-state index contributed by atoms with van der Waals surface area (Å²) >= 11 is 0. The van der Waals surface area contributed by atoms with Crippen LogP contribution in [-0.2, 0) is 4.79 Å². The Morgan fingerprint density at radius 3 is 2.21 bits per heavy atom. The summed E-state index contributed by atoms with van der Waals surface area (Å²) in [6, 6.07) is 7.49. The van der Waals surface area contributed by atoms with Crippen LogP contribution in [0.25, 0.3) is 0 Å². The first-order valence-electron chi connectivity index (χ1n) is 4.50. The van der Waals surface area contributed by atoms with Gasteiger partial charge in [-0.25, -0.2) is 4.79 Å². The number of aryl methyl sites for hydroxylation is 1. The van der Waals surface area contributed by atoms with Gasteiger partial charge in [0.05, 0.1) is 0 Å². The summed E-state index contributed by atoms with van der Waals surface area (Å²) in [5.41, 5.74) is 1.95. The van der Waals surface area contributed by atoms with E-state index in [1.54, 1.807) is 6.92 Å². The van der Waals surface area contributed by atoms with Gasteiger partial charge in [-0.3, -0.25) is 0 Å². The Morgan fingerprint density at radius 2 is 1.79 bits per heavy atom. The van der Waals surface area contributed by atoms with Crippen LogP contribution < -0.4 is 0 Å². The van der Waals surface area contributed by atoms with Crippen LogP contribution in [0.2, 0.25) is 0 Å². The summed E-state index contributed by atoms with van der Waals surface area (Å²) in [6.45, 7) is 3.66. The molecule has 0 heterocycles. The lowest BCUT2D eigenvalue weighted by Gasteiger charge is -2.15. The zero-order chi connectivity index (χ0) is 10.7. The van der Waals surface area contributed by atoms with Gasteiger partial charge in [0.15, 0.2) is 6.10 Å². The average molecular weight is 194 g/mol. The van der Waals surface area contributed by atoms with Gasteiger partial charge < -0.3 is 10.2 Å². The monoisotopic (exact) mass is 194 g/mol. The molecule has 3 nitrogen and oxygen atoms in total. The molecule has 0 spiro atoms. The van der Waals surface area contributed by atoms with E-state index in [4.69, 9.17) is 5.11 Å². The minimum absolute atomic E-state index is 0.381. The Balaban J connectivity index is 2.84. The summed E-state index contributed by atoms with van der Waals surface area (Å²) in [5, 5.41) is 17.9. The van der Waals surface area contributed by atoms with E-state index in [-0.39, 0.29) is 5.92 Å². The number of rotatable bonds is 3. The minimum Gasteiger partial charge on any atom is -0.479 e. The lowest BCUT2D eigenvalue weighted by atomic mass is 9.95. The van der Waals surface area contributed by atoms with Crippen molar-refractivity contribution in [3.05, 3.63) is 35.4 Å². The van der Waals surface area contributed by atoms with Crippen LogP contribution in [0.4, 0.5) is 0 Å². The van der Waals surface area contributed by atoms with Gasteiger partial charge >= 0.3 is 5.97 Å². The van der Waals surface area contributed by atoms with Crippen molar-refractivity contribution < 1.29 is 15.0 Å². The van der Waals surface area contributed by atoms with Crippen molar-refractivity contribution in [1.29, 1.82) is 0 Å². The Labute approximate surface area is 83.0 Å². The molecule has 76 valence electrons. The number of aliphatic hydroxyl groups is 1. The molecule has 0 amide bonds. The summed E-state index contributed by atoms with van der Waals surface area (Å²) in [7, 11) is 0. The predicted molar refractivity (Wildman–Crippen MR) is 53.2 cm³/mol. The van der Waals surface area contributed by atoms with E-state index in [1.165, 1.54) is 0 Å². The molecule has 0 radical (unpaired) electrons. The van der Waals surface area contributed by atoms with E-state index in [0.29, 0.717) is 0 Å². The van der Waals surface area contributed by atoms with Gasteiger partial charge in [-0.1, -0.05) is 36.8 Å². The highest BCUT2D eigenvalue weighted by molar-refractivity contribution is 5.73. The fourth-order valence-corrected chi connectivity index (χ4v) is 1.27. The minimum atomic E-state index is -1.34. The molecular weight excluding hydrogens is 180 g/mol. The first-order valence-corrected chi connectivity index (χ1v) is 4.50. The lowest BCUT2D eigenvalue weighted by Crippen LogP contribution is -2.25. The first-order chi connectivity index (χ1) is 6.52. The van der Waals surface area contributed by atoms with Crippen molar-refractivity contribution in [1.82, 2.24) is 0 Å². The van der Waals surface area contributed by atoms with Gasteiger partial charge in [0, 0.05) is 5.92 Å². The molecule has 1 aromatic carbocycles. The zero-order valence-corrected chi connectivity index (χ0v) is 8.27. The Kier molecular flexibility index (Phi) is 3.25. The average Bonchev–Trinajstić information content (AvgIpc) is 2.16. The topological polar surface area (TPSA) is 57.5 Å². The van der Waals surface area contributed by atoms with Crippen molar-refractivity contribution in [3.8, 4) is 0 Å². The van der Waals surface area contributed by atoms with E-state index in [9.17, 15) is 9.90 Å². The van der Waals surface area contributed by atoms with E-state index >= 15 is 0 Å². The molecule has 2 atom stereocenters. The molecule has 1 rings (SSSR count). The highest BCUT2D eigenvalue weighted by Gasteiger charge is 2.22. The maximum atomic E-state index is 10.5. The third kappa shape index (κ3) is 2.33. The second-order valence-electron chi connectivity index (χ2n) is 3.48. The van der Waals surface area contributed by atoms with E-state index < -0.39 is 12.1 Å². The maximum Gasteiger partial charge on any atom is 0.333 e. The maximum absolute atomic E-state index is 10.5. The van der Waals surface area contributed by atoms with Gasteiger partial charge in [-0.2, -0.15) is 0 Å². The number of hydrogen-bond acceptors (Lipinski definition) is 2. The van der Waals surface area contributed by atoms with Gasteiger partial charge in [0.1, 0.15) is 0 Å². The standard InChI is InChI=1S/C11H14O3/c1-7-3-5-9(6-4-7)8(2)10(12)11(13)14/h3-6,8,10,12H,1-2H3,(H,13,14)/t8-,10-/m0/s1. The molecule has 2 N–H and O–H groups in total. The molecule has 0 fully saturated rings. The Hall–Kier alpha value is -1.35. The van der Waals surface area contributed by atoms with Crippen LogP contribution in [0.1, 0.15) is 24.0 Å². The molecule has 0 bridgehead atoms. The Morgan fingerprint density at radius 1 is 1.29 bits per heavy atom. The molecule has 0 aromatic heterocycles. The number of aliphatic carboxylic acids is 1. The molecule has 0 saturated carbocycles. The van der Waals surface area contributed by atoms with Crippen molar-refractivity contribution >= 4 is 5.97 Å². The third-order valence-electron chi connectivity index (χ3n) is 2.33. The van der Waals surface area contributed by atoms with Crippen LogP contribution >= 0.6 is 0 Å². The van der Waals surface area contributed by atoms with Crippen LogP contribution in [0, 0.1) is 6.92 Å². The Bertz CT molecular complexity index is 316. The van der Waals surface area contributed by atoms with E-state index in [1.807, 2.05) is 31.2 Å². The van der Waals surface area contributed by atoms with Crippen molar-refractivity contribution in [3.63, 3.8) is 0 Å². The van der Waals surface area contributed by atoms with Crippen molar-refractivity contribution in [2.45, 2.75) is 25.9 Å². The molecule has 3 heteroatoms. The lowest BCUT2D eigenvalue weighted by molar-refractivity contribution is -0.147. The molecule has 1 aromatic rings. The summed E-state index contributed by atoms with van der Waals surface area (Å²) < 4.78 is 0. The first kappa shape index (κ1) is 10.7. The summed E-state index contributed by atoms with van der Waals surface area (Å²) in [5.74, 6) is -1.56. The molecule has 0 aliphatic heterocycles. The number of hydrogen-bond donors (Lipinski definition) is 2. The molecule has 0 unspecified atom stereocenters. The quantitative estimate of drug-likeness (QED) is 0.767. The number of carbonyl (C=O) groups is 1. The highest BCUT2D eigenvalue weighted by atomic mass is 16.4. The van der Waals surface area contributed by atoms with E-state index in [2.05, 4.69) is 0 Å². The fraction of sp³-hybridized carbons (Fsp3) is 0.364. The van der Waals surface area contributed by atoms with E-state index in [0.717, 1.165) is 11.1 Å². The van der Waals surface area contributed by atoms with Crippen molar-refractivity contribution in [2.75, 3.05) is 0 Å². The summed E-state index contributed by atoms with van der Waals surface area (Å²) in [6.07, 6.45) is -1.34. The molecule has 0 aliphatic carbocycles. The SMILES string of the molecule is Cc1ccc([C@H](C)[C@H](O)C(=O)O)cc1. The second kappa shape index (κ2) is 4.24. The summed E-state index contributed by atoms with van der Waals surface area (Å²) in [4.78, 5) is 10.5. The number of aliphatic hydroxyl groups excluding tert-OH is 1. The van der Waals surface area contributed by atoms with Crippen molar-refractivity contribution in [2.24, 2.45) is 0 Å². The normalized spacial score (nSPS) is 14.8. The van der Waals surface area contributed by atoms with Gasteiger partial charge in [-0.15, -0.1) is 0 Å². The number of carboxylic acids is 1. The highest BCUT2D eigenvalue weighted by Crippen LogP contribution is 2.19. The third-order valence-corrected chi connectivity index (χ3v) is 2.33. The zero-order valence-electron chi connectivity index (χ0n) is 8.27. The smallest absolute Gasteiger partial charge is 0.333 e. The van der Waals surface area contributed by atoms with Crippen LogP contribution in [0.3, 0.4) is 0 Å². The molecule has 14 heavy (non-hydrogen) atoms. The van der Waals surface area contributed by atoms with Crippen LogP contribution in [-0.4, -0.2) is 22.3 Å². The van der Waals surface area contributed by atoms with Gasteiger partial charge in [-0.05, 0) is 12.5 Å². The number of benzene rings is 1. The molecule has 0 aliphatic rings. The van der Waals surface area contributed by atoms with Crippen LogP contribution in [0.5, 0.6) is 0 Å². The fourth-order valence-electron chi connectivity index (χ4n) is 1.27. The molecule has 0 saturated heterocycles. The second-order valence-corrected chi connectivity index (χ2v) is 3.48. The van der Waals surface area contributed by atoms with Crippen LogP contribution in [0.15, 0.2) is 24.3 Å². The van der Waals surface area contributed by atoms with Gasteiger partial charge in [0.2, 0.25) is 0 Å². The molecular formula is C11H14O3. The predicted octanol–water partition coefficient (Wildman–Crippen LogP) is 1.54. The number of carboxylic acid groups (broad SMARTS) is 1. The largest absolute Gasteiger partial charge is 0.479 e.